The summed E-state index contributed by atoms with van der Waals surface area (Å²) in [5.41, 5.74) is 0.363. The largest absolute Gasteiger partial charge is 0.496 e. The Morgan fingerprint density at radius 1 is 1.38 bits per heavy atom. The lowest BCUT2D eigenvalue weighted by molar-refractivity contribution is 0.392. The number of benzene rings is 1. The topological polar surface area (TPSA) is 21.3 Å². The van der Waals surface area contributed by atoms with Crippen LogP contribution in [0.3, 0.4) is 0 Å². The van der Waals surface area contributed by atoms with Gasteiger partial charge in [0.15, 0.2) is 11.6 Å². The molecule has 0 bridgehead atoms. The minimum atomic E-state index is -0.808. The van der Waals surface area contributed by atoms with E-state index in [9.17, 15) is 8.78 Å². The van der Waals surface area contributed by atoms with Gasteiger partial charge in [-0.05, 0) is 25.1 Å². The summed E-state index contributed by atoms with van der Waals surface area (Å²) in [5.74, 6) is -1.14. The SMILES string of the molecule is COc1ccc(F)c(F)c1C1CCNC1.Cl. The molecular weight excluding hydrogens is 236 g/mol. The van der Waals surface area contributed by atoms with Crippen LogP contribution in [0.2, 0.25) is 0 Å². The number of halogens is 3. The van der Waals surface area contributed by atoms with Gasteiger partial charge in [-0.15, -0.1) is 12.4 Å². The summed E-state index contributed by atoms with van der Waals surface area (Å²) in [7, 11) is 1.47. The van der Waals surface area contributed by atoms with Crippen molar-refractivity contribution >= 4 is 12.4 Å². The van der Waals surface area contributed by atoms with Gasteiger partial charge in [-0.3, -0.25) is 0 Å². The Bertz CT molecular complexity index is 367. The maximum atomic E-state index is 13.6. The van der Waals surface area contributed by atoms with Crippen molar-refractivity contribution in [3.8, 4) is 5.75 Å². The first-order chi connectivity index (χ1) is 7.24. The van der Waals surface area contributed by atoms with E-state index in [-0.39, 0.29) is 18.3 Å². The standard InChI is InChI=1S/C11H13F2NO.ClH/c1-15-9-3-2-8(12)11(13)10(9)7-4-5-14-6-7;/h2-3,7,14H,4-6H2,1H3;1H. The van der Waals surface area contributed by atoms with E-state index in [1.807, 2.05) is 0 Å². The zero-order valence-electron chi connectivity index (χ0n) is 8.93. The number of hydrogen-bond donors (Lipinski definition) is 1. The van der Waals surface area contributed by atoms with Crippen LogP contribution >= 0.6 is 12.4 Å². The molecule has 1 aliphatic rings. The minimum absolute atomic E-state index is 0. The van der Waals surface area contributed by atoms with Crippen molar-refractivity contribution in [2.24, 2.45) is 0 Å². The van der Waals surface area contributed by atoms with E-state index in [0.717, 1.165) is 19.0 Å². The first kappa shape index (κ1) is 13.2. The molecule has 2 rings (SSSR count). The van der Waals surface area contributed by atoms with Gasteiger partial charge in [0.05, 0.1) is 7.11 Å². The van der Waals surface area contributed by atoms with Crippen LogP contribution in [0.25, 0.3) is 0 Å². The highest BCUT2D eigenvalue weighted by molar-refractivity contribution is 5.85. The van der Waals surface area contributed by atoms with Crippen molar-refractivity contribution < 1.29 is 13.5 Å². The lowest BCUT2D eigenvalue weighted by Gasteiger charge is -2.14. The van der Waals surface area contributed by atoms with E-state index in [1.54, 1.807) is 0 Å². The second-order valence-corrected chi connectivity index (χ2v) is 3.67. The molecule has 16 heavy (non-hydrogen) atoms. The van der Waals surface area contributed by atoms with Crippen LogP contribution in [0.1, 0.15) is 17.9 Å². The maximum Gasteiger partial charge on any atom is 0.166 e. The monoisotopic (exact) mass is 249 g/mol. The zero-order valence-corrected chi connectivity index (χ0v) is 9.74. The fraction of sp³-hybridized carbons (Fsp3) is 0.455. The molecule has 1 atom stereocenters. The van der Waals surface area contributed by atoms with E-state index in [1.165, 1.54) is 13.2 Å². The molecule has 1 unspecified atom stereocenters. The van der Waals surface area contributed by atoms with Crippen LogP contribution in [0.15, 0.2) is 12.1 Å². The molecule has 1 N–H and O–H groups in total. The molecule has 0 aromatic heterocycles. The van der Waals surface area contributed by atoms with Gasteiger partial charge in [0.1, 0.15) is 5.75 Å². The molecule has 90 valence electrons. The molecule has 1 saturated heterocycles. The van der Waals surface area contributed by atoms with Crippen molar-refractivity contribution in [3.05, 3.63) is 29.3 Å². The van der Waals surface area contributed by atoms with Crippen molar-refractivity contribution in [1.29, 1.82) is 0 Å². The molecule has 1 fully saturated rings. The van der Waals surface area contributed by atoms with Crippen LogP contribution in [0.4, 0.5) is 8.78 Å². The van der Waals surface area contributed by atoms with Gasteiger partial charge >= 0.3 is 0 Å². The Morgan fingerprint density at radius 2 is 2.12 bits per heavy atom. The Labute approximate surface area is 99.4 Å². The molecule has 0 saturated carbocycles. The van der Waals surface area contributed by atoms with Gasteiger partial charge < -0.3 is 10.1 Å². The Balaban J connectivity index is 0.00000128. The lowest BCUT2D eigenvalue weighted by Crippen LogP contribution is -2.10. The maximum absolute atomic E-state index is 13.6. The van der Waals surface area contributed by atoms with E-state index < -0.39 is 11.6 Å². The van der Waals surface area contributed by atoms with Crippen LogP contribution in [-0.2, 0) is 0 Å². The average Bonchev–Trinajstić information content (AvgIpc) is 2.75. The summed E-state index contributed by atoms with van der Waals surface area (Å²) >= 11 is 0. The molecule has 0 amide bonds. The normalized spacial score (nSPS) is 19.3. The summed E-state index contributed by atoms with van der Waals surface area (Å²) in [6.45, 7) is 1.51. The summed E-state index contributed by atoms with van der Waals surface area (Å²) < 4.78 is 31.8. The van der Waals surface area contributed by atoms with Crippen molar-refractivity contribution in [2.45, 2.75) is 12.3 Å². The zero-order chi connectivity index (χ0) is 10.8. The molecule has 1 aromatic rings. The second-order valence-electron chi connectivity index (χ2n) is 3.67. The Morgan fingerprint density at radius 3 is 2.69 bits per heavy atom. The predicted octanol–water partition coefficient (Wildman–Crippen LogP) is 2.47. The van der Waals surface area contributed by atoms with Gasteiger partial charge in [0.25, 0.3) is 0 Å². The number of ether oxygens (including phenoxy) is 1. The Kier molecular flexibility index (Phi) is 4.50. The number of nitrogens with one attached hydrogen (secondary N) is 1. The number of methoxy groups -OCH3 is 1. The molecule has 5 heteroatoms. The summed E-state index contributed by atoms with van der Waals surface area (Å²) in [4.78, 5) is 0. The predicted molar refractivity (Wildman–Crippen MR) is 60.4 cm³/mol. The quantitative estimate of drug-likeness (QED) is 0.870. The lowest BCUT2D eigenvalue weighted by atomic mass is 9.96. The smallest absolute Gasteiger partial charge is 0.166 e. The van der Waals surface area contributed by atoms with Gasteiger partial charge in [0, 0.05) is 18.0 Å². The molecule has 0 spiro atoms. The number of hydrogen-bond acceptors (Lipinski definition) is 2. The van der Waals surface area contributed by atoms with Crippen LogP contribution in [0.5, 0.6) is 5.75 Å². The van der Waals surface area contributed by atoms with E-state index in [2.05, 4.69) is 5.32 Å². The average molecular weight is 250 g/mol. The van der Waals surface area contributed by atoms with E-state index in [0.29, 0.717) is 17.9 Å². The first-order valence-corrected chi connectivity index (χ1v) is 4.96. The van der Waals surface area contributed by atoms with Crippen LogP contribution in [0, 0.1) is 11.6 Å². The van der Waals surface area contributed by atoms with Gasteiger partial charge in [-0.2, -0.15) is 0 Å². The van der Waals surface area contributed by atoms with E-state index in [4.69, 9.17) is 4.74 Å². The molecule has 1 heterocycles. The van der Waals surface area contributed by atoms with Crippen molar-refractivity contribution in [2.75, 3.05) is 20.2 Å². The third-order valence-corrected chi connectivity index (χ3v) is 2.78. The fourth-order valence-electron chi connectivity index (χ4n) is 2.01. The highest BCUT2D eigenvalue weighted by Crippen LogP contribution is 2.33. The highest BCUT2D eigenvalue weighted by Gasteiger charge is 2.25. The van der Waals surface area contributed by atoms with Gasteiger partial charge in [-0.1, -0.05) is 0 Å². The van der Waals surface area contributed by atoms with Gasteiger partial charge in [0.2, 0.25) is 0 Å². The molecular formula is C11H14ClF2NO. The molecule has 0 aliphatic carbocycles. The third kappa shape index (κ3) is 2.28. The fourth-order valence-corrected chi connectivity index (χ4v) is 2.01. The summed E-state index contributed by atoms with van der Waals surface area (Å²) in [5, 5.41) is 3.12. The molecule has 0 radical (unpaired) electrons. The Hall–Kier alpha value is -0.870. The van der Waals surface area contributed by atoms with Crippen LogP contribution < -0.4 is 10.1 Å². The highest BCUT2D eigenvalue weighted by atomic mass is 35.5. The molecule has 1 aromatic carbocycles. The summed E-state index contributed by atoms with van der Waals surface area (Å²) in [6, 6.07) is 2.58. The summed E-state index contributed by atoms with van der Waals surface area (Å²) in [6.07, 6.45) is 0.816. The molecule has 2 nitrogen and oxygen atoms in total. The van der Waals surface area contributed by atoms with Crippen LogP contribution in [-0.4, -0.2) is 20.2 Å². The molecule has 1 aliphatic heterocycles. The minimum Gasteiger partial charge on any atom is -0.496 e. The van der Waals surface area contributed by atoms with E-state index >= 15 is 0 Å². The third-order valence-electron chi connectivity index (χ3n) is 2.78. The van der Waals surface area contributed by atoms with Crippen molar-refractivity contribution in [3.63, 3.8) is 0 Å². The van der Waals surface area contributed by atoms with Crippen molar-refractivity contribution in [1.82, 2.24) is 5.32 Å². The van der Waals surface area contributed by atoms with Gasteiger partial charge in [-0.25, -0.2) is 8.78 Å². The first-order valence-electron chi connectivity index (χ1n) is 4.96. The second kappa shape index (κ2) is 5.46. The number of rotatable bonds is 2.